The van der Waals surface area contributed by atoms with E-state index in [0.717, 1.165) is 41.3 Å². The second kappa shape index (κ2) is 8.32. The molecule has 1 fully saturated rings. The van der Waals surface area contributed by atoms with Crippen molar-refractivity contribution >= 4 is 45.3 Å². The van der Waals surface area contributed by atoms with Crippen LogP contribution in [-0.4, -0.2) is 24.3 Å². The minimum Gasteiger partial charge on any atom is -0.359 e. The number of nitrogens with one attached hydrogen (secondary N) is 1. The summed E-state index contributed by atoms with van der Waals surface area (Å²) in [6.45, 7) is 2.47. The third-order valence-electron chi connectivity index (χ3n) is 7.00. The van der Waals surface area contributed by atoms with Crippen LogP contribution in [0.1, 0.15) is 44.4 Å². The first-order valence-electron chi connectivity index (χ1n) is 11.5. The highest BCUT2D eigenvalue weighted by Crippen LogP contribution is 2.37. The lowest BCUT2D eigenvalue weighted by Gasteiger charge is -2.29. The van der Waals surface area contributed by atoms with Gasteiger partial charge in [0.15, 0.2) is 5.76 Å². The minimum atomic E-state index is -0.0574. The van der Waals surface area contributed by atoms with Crippen LogP contribution in [0.4, 0.5) is 0 Å². The highest BCUT2D eigenvalue weighted by molar-refractivity contribution is 6.39. The van der Waals surface area contributed by atoms with E-state index < -0.39 is 0 Å². The minimum absolute atomic E-state index is 0.0574. The Morgan fingerprint density at radius 3 is 2.76 bits per heavy atom. The van der Waals surface area contributed by atoms with Gasteiger partial charge in [-0.15, -0.1) is 0 Å². The molecule has 4 aromatic heterocycles. The Kier molecular flexibility index (Phi) is 5.26. The number of aromatic amines is 1. The summed E-state index contributed by atoms with van der Waals surface area (Å²) in [7, 11) is 0. The maximum atomic E-state index is 13.9. The summed E-state index contributed by atoms with van der Waals surface area (Å²) >= 11 is 12.7. The number of halogens is 2. The molecule has 0 spiro atoms. The van der Waals surface area contributed by atoms with E-state index in [-0.39, 0.29) is 18.3 Å². The number of hydrogen-bond donors (Lipinski definition) is 1. The Labute approximate surface area is 205 Å². The summed E-state index contributed by atoms with van der Waals surface area (Å²) in [5, 5.41) is 6.11. The zero-order valence-electron chi connectivity index (χ0n) is 18.6. The lowest BCUT2D eigenvalue weighted by molar-refractivity contribution is 0.256. The van der Waals surface area contributed by atoms with Gasteiger partial charge in [-0.3, -0.25) is 9.13 Å². The van der Waals surface area contributed by atoms with Crippen LogP contribution in [0.5, 0.6) is 0 Å². The van der Waals surface area contributed by atoms with Crippen molar-refractivity contribution in [3.63, 3.8) is 0 Å². The highest BCUT2D eigenvalue weighted by Gasteiger charge is 2.29. The second-order valence-electron chi connectivity index (χ2n) is 9.07. The fourth-order valence-corrected chi connectivity index (χ4v) is 5.90. The molecule has 7 nitrogen and oxygen atoms in total. The number of H-pyrrole nitrogens is 1. The van der Waals surface area contributed by atoms with Gasteiger partial charge < -0.3 is 9.51 Å². The van der Waals surface area contributed by atoms with E-state index in [4.69, 9.17) is 27.7 Å². The zero-order chi connectivity index (χ0) is 23.4. The first-order valence-corrected chi connectivity index (χ1v) is 12.3. The molecule has 4 heterocycles. The normalized spacial score (nSPS) is 18.8. The molecule has 1 saturated carbocycles. The van der Waals surface area contributed by atoms with Crippen molar-refractivity contribution in [3.8, 4) is 11.3 Å². The molecule has 34 heavy (non-hydrogen) atoms. The molecular weight excluding hydrogens is 473 g/mol. The van der Waals surface area contributed by atoms with E-state index in [9.17, 15) is 4.79 Å². The van der Waals surface area contributed by atoms with Crippen molar-refractivity contribution in [3.05, 3.63) is 69.0 Å². The van der Waals surface area contributed by atoms with Gasteiger partial charge in [0.05, 0.1) is 33.8 Å². The molecule has 1 N–H and O–H groups in total. The summed E-state index contributed by atoms with van der Waals surface area (Å²) in [6.07, 6.45) is 8.07. The molecule has 0 aliphatic heterocycles. The van der Waals surface area contributed by atoms with Crippen LogP contribution in [0.3, 0.4) is 0 Å². The molecule has 5 aromatic rings. The lowest BCUT2D eigenvalue weighted by Crippen LogP contribution is -2.32. The molecular formula is C25H23Cl2N5O2. The number of aromatic nitrogens is 5. The van der Waals surface area contributed by atoms with Crippen LogP contribution < -0.4 is 5.69 Å². The second-order valence-corrected chi connectivity index (χ2v) is 9.89. The Bertz CT molecular complexity index is 1560. The van der Waals surface area contributed by atoms with Gasteiger partial charge in [0.1, 0.15) is 11.3 Å². The molecule has 6 rings (SSSR count). The van der Waals surface area contributed by atoms with Gasteiger partial charge in [-0.1, -0.05) is 54.2 Å². The van der Waals surface area contributed by atoms with Gasteiger partial charge in [-0.05, 0) is 37.0 Å². The van der Waals surface area contributed by atoms with Gasteiger partial charge in [0.25, 0.3) is 0 Å². The molecule has 9 heteroatoms. The predicted octanol–water partition coefficient (Wildman–Crippen LogP) is 6.44. The standard InChI is InChI=1S/C25H23Cl2N5O2/c1-14-5-2-3-8-20(14)32-23-16-9-10-28-24(16)29-12-21(23)31(25(32)33)13-15-11-19(30-34-15)22-17(26)6-4-7-18(22)27/h4,6-7,9-12,14,20H,2-3,5,8,13H2,1H3,(H,28,29)/t14-,20+/m1/s1. The van der Waals surface area contributed by atoms with E-state index in [1.165, 1.54) is 6.42 Å². The average molecular weight is 496 g/mol. The third kappa shape index (κ3) is 3.37. The van der Waals surface area contributed by atoms with Crippen molar-refractivity contribution in [1.29, 1.82) is 0 Å². The van der Waals surface area contributed by atoms with Crippen LogP contribution in [0.25, 0.3) is 33.3 Å². The van der Waals surface area contributed by atoms with Crippen LogP contribution in [0.2, 0.25) is 10.0 Å². The Hall–Kier alpha value is -3.03. The summed E-state index contributed by atoms with van der Waals surface area (Å²) in [6, 6.07) is 9.23. The number of fused-ring (bicyclic) bond motifs is 3. The Morgan fingerprint density at radius 1 is 1.18 bits per heavy atom. The fraction of sp³-hybridized carbons (Fsp3) is 0.320. The van der Waals surface area contributed by atoms with Gasteiger partial charge in [-0.2, -0.15) is 0 Å². The molecule has 174 valence electrons. The van der Waals surface area contributed by atoms with Crippen LogP contribution in [0, 0.1) is 5.92 Å². The molecule has 0 unspecified atom stereocenters. The molecule has 1 aliphatic carbocycles. The maximum absolute atomic E-state index is 13.9. The largest absolute Gasteiger partial charge is 0.359 e. The fourth-order valence-electron chi connectivity index (χ4n) is 5.31. The highest BCUT2D eigenvalue weighted by atomic mass is 35.5. The zero-order valence-corrected chi connectivity index (χ0v) is 20.1. The maximum Gasteiger partial charge on any atom is 0.329 e. The molecule has 1 aromatic carbocycles. The van der Waals surface area contributed by atoms with E-state index in [0.29, 0.717) is 33.0 Å². The number of rotatable bonds is 4. The molecule has 0 amide bonds. The summed E-state index contributed by atoms with van der Waals surface area (Å²) in [5.41, 5.74) is 3.57. The number of imidazole rings is 1. The van der Waals surface area contributed by atoms with E-state index >= 15 is 0 Å². The van der Waals surface area contributed by atoms with Gasteiger partial charge in [-0.25, -0.2) is 9.78 Å². The summed E-state index contributed by atoms with van der Waals surface area (Å²) in [4.78, 5) is 21.6. The quantitative estimate of drug-likeness (QED) is 0.311. The average Bonchev–Trinajstić information content (AvgIpc) is 3.53. The molecule has 0 bridgehead atoms. The van der Waals surface area contributed by atoms with Crippen LogP contribution in [0.15, 0.2) is 52.0 Å². The number of benzene rings is 1. The van der Waals surface area contributed by atoms with E-state index in [1.54, 1.807) is 35.0 Å². The van der Waals surface area contributed by atoms with Crippen molar-refractivity contribution in [2.24, 2.45) is 5.92 Å². The third-order valence-corrected chi connectivity index (χ3v) is 7.63. The van der Waals surface area contributed by atoms with Gasteiger partial charge >= 0.3 is 5.69 Å². The van der Waals surface area contributed by atoms with Crippen molar-refractivity contribution < 1.29 is 4.52 Å². The van der Waals surface area contributed by atoms with E-state index in [2.05, 4.69) is 22.0 Å². The number of nitrogens with zero attached hydrogens (tertiary/aromatic N) is 4. The van der Waals surface area contributed by atoms with Gasteiger partial charge in [0.2, 0.25) is 0 Å². The Morgan fingerprint density at radius 2 is 1.97 bits per heavy atom. The monoisotopic (exact) mass is 495 g/mol. The predicted molar refractivity (Wildman–Crippen MR) is 134 cm³/mol. The van der Waals surface area contributed by atoms with Crippen LogP contribution >= 0.6 is 23.2 Å². The number of pyridine rings is 1. The first-order chi connectivity index (χ1) is 16.5. The van der Waals surface area contributed by atoms with Crippen LogP contribution in [-0.2, 0) is 6.54 Å². The molecule has 1 aliphatic rings. The van der Waals surface area contributed by atoms with E-state index in [1.807, 2.05) is 16.8 Å². The Balaban J connectivity index is 1.49. The molecule has 0 saturated heterocycles. The summed E-state index contributed by atoms with van der Waals surface area (Å²) < 4.78 is 9.34. The van der Waals surface area contributed by atoms with Crippen molar-refractivity contribution in [2.75, 3.05) is 0 Å². The van der Waals surface area contributed by atoms with Crippen molar-refractivity contribution in [2.45, 2.75) is 45.2 Å². The smallest absolute Gasteiger partial charge is 0.329 e. The number of hydrogen-bond acceptors (Lipinski definition) is 4. The van der Waals surface area contributed by atoms with Crippen molar-refractivity contribution in [1.82, 2.24) is 24.3 Å². The first kappa shape index (κ1) is 21.5. The summed E-state index contributed by atoms with van der Waals surface area (Å²) in [5.74, 6) is 0.963. The van der Waals surface area contributed by atoms with Gasteiger partial charge in [0, 0.05) is 29.3 Å². The molecule has 2 atom stereocenters. The SMILES string of the molecule is C[C@@H]1CCCC[C@@H]1n1c(=O)n(Cc2cc(-c3c(Cl)cccc3Cl)no2)c2cnc3[nH]ccc3c21. The topological polar surface area (TPSA) is 81.6 Å². The lowest BCUT2D eigenvalue weighted by atomic mass is 9.85. The molecule has 0 radical (unpaired) electrons.